The second kappa shape index (κ2) is 6.63. The zero-order chi connectivity index (χ0) is 18.4. The SMILES string of the molecule is CCC(c1ccncc1)N(CC)C(=O)CC12CC3CC(CC(O)(C3)C1)C2. The van der Waals surface area contributed by atoms with E-state index in [0.717, 1.165) is 45.1 Å². The summed E-state index contributed by atoms with van der Waals surface area (Å²) in [5.74, 6) is 1.53. The van der Waals surface area contributed by atoms with E-state index in [9.17, 15) is 9.90 Å². The molecule has 4 bridgehead atoms. The highest BCUT2D eigenvalue weighted by atomic mass is 16.3. The van der Waals surface area contributed by atoms with Gasteiger partial charge in [0.15, 0.2) is 0 Å². The van der Waals surface area contributed by atoms with Crippen LogP contribution in [-0.4, -0.2) is 33.0 Å². The minimum Gasteiger partial charge on any atom is -0.390 e. The van der Waals surface area contributed by atoms with Crippen molar-refractivity contribution >= 4 is 5.91 Å². The van der Waals surface area contributed by atoms with Gasteiger partial charge in [0.05, 0.1) is 11.6 Å². The molecule has 1 aromatic heterocycles. The van der Waals surface area contributed by atoms with Crippen molar-refractivity contribution in [3.05, 3.63) is 30.1 Å². The number of nitrogens with zero attached hydrogens (tertiary/aromatic N) is 2. The van der Waals surface area contributed by atoms with Crippen LogP contribution in [0.4, 0.5) is 0 Å². The minimum absolute atomic E-state index is 0.0415. The molecule has 3 unspecified atom stereocenters. The Kier molecular flexibility index (Phi) is 4.58. The van der Waals surface area contributed by atoms with Crippen molar-refractivity contribution < 1.29 is 9.90 Å². The highest BCUT2D eigenvalue weighted by Crippen LogP contribution is 2.63. The van der Waals surface area contributed by atoms with Gasteiger partial charge in [-0.3, -0.25) is 9.78 Å². The average Bonchev–Trinajstić information content (AvgIpc) is 2.57. The summed E-state index contributed by atoms with van der Waals surface area (Å²) in [6.45, 7) is 4.95. The van der Waals surface area contributed by atoms with Gasteiger partial charge in [0.1, 0.15) is 0 Å². The molecule has 3 atom stereocenters. The molecule has 0 saturated heterocycles. The van der Waals surface area contributed by atoms with Gasteiger partial charge in [-0.05, 0) is 86.8 Å². The van der Waals surface area contributed by atoms with Gasteiger partial charge in [0.25, 0.3) is 0 Å². The van der Waals surface area contributed by atoms with Crippen molar-refractivity contribution in [3.63, 3.8) is 0 Å². The van der Waals surface area contributed by atoms with Crippen molar-refractivity contribution in [1.29, 1.82) is 0 Å². The first-order valence-corrected chi connectivity index (χ1v) is 10.4. The Bertz CT molecular complexity index is 645. The number of aromatic nitrogens is 1. The summed E-state index contributed by atoms with van der Waals surface area (Å²) in [6.07, 6.45) is 11.4. The number of pyridine rings is 1. The molecular weight excluding hydrogens is 324 g/mol. The van der Waals surface area contributed by atoms with Gasteiger partial charge in [-0.2, -0.15) is 0 Å². The Morgan fingerprint density at radius 1 is 1.23 bits per heavy atom. The van der Waals surface area contributed by atoms with E-state index in [0.29, 0.717) is 18.3 Å². The van der Waals surface area contributed by atoms with E-state index in [2.05, 4.69) is 23.7 Å². The highest BCUT2D eigenvalue weighted by Gasteiger charge is 2.57. The van der Waals surface area contributed by atoms with E-state index < -0.39 is 5.60 Å². The van der Waals surface area contributed by atoms with E-state index in [1.807, 2.05) is 24.5 Å². The van der Waals surface area contributed by atoms with Crippen molar-refractivity contribution in [2.24, 2.45) is 17.3 Å². The summed E-state index contributed by atoms with van der Waals surface area (Å²) < 4.78 is 0. The van der Waals surface area contributed by atoms with Crippen LogP contribution in [0, 0.1) is 17.3 Å². The Balaban J connectivity index is 1.53. The molecule has 4 nitrogen and oxygen atoms in total. The van der Waals surface area contributed by atoms with Gasteiger partial charge < -0.3 is 10.0 Å². The second-order valence-electron chi connectivity index (χ2n) is 9.25. The Morgan fingerprint density at radius 3 is 2.42 bits per heavy atom. The molecule has 5 rings (SSSR count). The summed E-state index contributed by atoms with van der Waals surface area (Å²) >= 11 is 0. The normalized spacial score (nSPS) is 36.1. The van der Waals surface area contributed by atoms with Gasteiger partial charge in [0.2, 0.25) is 5.91 Å². The van der Waals surface area contributed by atoms with Crippen molar-refractivity contribution in [2.45, 2.75) is 76.9 Å². The van der Waals surface area contributed by atoms with Gasteiger partial charge >= 0.3 is 0 Å². The zero-order valence-corrected chi connectivity index (χ0v) is 16.2. The van der Waals surface area contributed by atoms with Gasteiger partial charge in [0, 0.05) is 25.4 Å². The lowest BCUT2D eigenvalue weighted by molar-refractivity contribution is -0.172. The van der Waals surface area contributed by atoms with Crippen LogP contribution < -0.4 is 0 Å². The molecule has 0 aliphatic heterocycles. The molecule has 26 heavy (non-hydrogen) atoms. The summed E-state index contributed by atoms with van der Waals surface area (Å²) in [7, 11) is 0. The van der Waals surface area contributed by atoms with Gasteiger partial charge in [-0.15, -0.1) is 0 Å². The molecular formula is C22H32N2O2. The minimum atomic E-state index is -0.489. The van der Waals surface area contributed by atoms with Crippen molar-refractivity contribution in [2.75, 3.05) is 6.54 Å². The van der Waals surface area contributed by atoms with Crippen LogP contribution in [0.15, 0.2) is 24.5 Å². The molecule has 0 spiro atoms. The molecule has 142 valence electrons. The smallest absolute Gasteiger partial charge is 0.223 e. The summed E-state index contributed by atoms with van der Waals surface area (Å²) in [5.41, 5.74) is 0.720. The third-order valence-corrected chi connectivity index (χ3v) is 7.19. The fraction of sp³-hybridized carbons (Fsp3) is 0.727. The van der Waals surface area contributed by atoms with Crippen LogP contribution in [0.5, 0.6) is 0 Å². The number of hydrogen-bond donors (Lipinski definition) is 1. The first-order chi connectivity index (χ1) is 12.5. The van der Waals surface area contributed by atoms with Crippen LogP contribution in [0.1, 0.15) is 76.8 Å². The predicted octanol–water partition coefficient (Wildman–Crippen LogP) is 4.10. The van der Waals surface area contributed by atoms with E-state index in [-0.39, 0.29) is 17.4 Å². The van der Waals surface area contributed by atoms with Crippen LogP contribution in [0.2, 0.25) is 0 Å². The Labute approximate surface area is 157 Å². The predicted molar refractivity (Wildman–Crippen MR) is 101 cm³/mol. The monoisotopic (exact) mass is 356 g/mol. The number of rotatable bonds is 6. The lowest BCUT2D eigenvalue weighted by atomic mass is 9.47. The molecule has 4 fully saturated rings. The summed E-state index contributed by atoms with van der Waals surface area (Å²) in [4.78, 5) is 19.5. The molecule has 1 heterocycles. The number of aliphatic hydroxyl groups is 1. The van der Waals surface area contributed by atoms with Crippen LogP contribution >= 0.6 is 0 Å². The standard InChI is InChI=1S/C22H32N2O2/c1-3-19(18-5-7-23-8-6-18)24(4-2)20(25)14-21-10-16-9-17(11-21)13-22(26,12-16)15-21/h5-8,16-17,19,26H,3-4,9-15H2,1-2H3. The van der Waals surface area contributed by atoms with Gasteiger partial charge in [-0.1, -0.05) is 6.92 Å². The molecule has 0 aromatic carbocycles. The molecule has 1 amide bonds. The zero-order valence-electron chi connectivity index (χ0n) is 16.2. The maximum Gasteiger partial charge on any atom is 0.223 e. The number of carbonyl (C=O) groups is 1. The van der Waals surface area contributed by atoms with Crippen LogP contribution in [0.25, 0.3) is 0 Å². The topological polar surface area (TPSA) is 53.4 Å². The third kappa shape index (κ3) is 3.17. The second-order valence-corrected chi connectivity index (χ2v) is 9.25. The molecule has 4 aliphatic rings. The van der Waals surface area contributed by atoms with E-state index in [1.165, 1.54) is 12.0 Å². The maximum absolute atomic E-state index is 13.4. The summed E-state index contributed by atoms with van der Waals surface area (Å²) in [6, 6.07) is 4.17. The van der Waals surface area contributed by atoms with Gasteiger partial charge in [-0.25, -0.2) is 0 Å². The lowest BCUT2D eigenvalue weighted by Crippen LogP contribution is -2.56. The largest absolute Gasteiger partial charge is 0.390 e. The molecule has 1 N–H and O–H groups in total. The molecule has 0 radical (unpaired) electrons. The van der Waals surface area contributed by atoms with E-state index in [4.69, 9.17) is 0 Å². The molecule has 1 aromatic rings. The van der Waals surface area contributed by atoms with Crippen LogP contribution in [0.3, 0.4) is 0 Å². The molecule has 4 saturated carbocycles. The third-order valence-electron chi connectivity index (χ3n) is 7.19. The first kappa shape index (κ1) is 18.0. The summed E-state index contributed by atoms with van der Waals surface area (Å²) in [5, 5.41) is 11.0. The number of carbonyl (C=O) groups excluding carboxylic acids is 1. The van der Waals surface area contributed by atoms with Crippen LogP contribution in [-0.2, 0) is 4.79 Å². The highest BCUT2D eigenvalue weighted by molar-refractivity contribution is 5.77. The van der Waals surface area contributed by atoms with Crippen molar-refractivity contribution in [3.8, 4) is 0 Å². The van der Waals surface area contributed by atoms with E-state index >= 15 is 0 Å². The number of amides is 1. The fourth-order valence-electron chi connectivity index (χ4n) is 6.82. The quantitative estimate of drug-likeness (QED) is 0.835. The maximum atomic E-state index is 13.4. The Morgan fingerprint density at radius 2 is 1.88 bits per heavy atom. The molecule has 4 aliphatic carbocycles. The molecule has 4 heteroatoms. The fourth-order valence-corrected chi connectivity index (χ4v) is 6.82. The van der Waals surface area contributed by atoms with E-state index in [1.54, 1.807) is 0 Å². The first-order valence-electron chi connectivity index (χ1n) is 10.4. The Hall–Kier alpha value is -1.42. The average molecular weight is 357 g/mol. The lowest BCUT2D eigenvalue weighted by Gasteiger charge is -2.60. The number of hydrogen-bond acceptors (Lipinski definition) is 3. The van der Waals surface area contributed by atoms with Crippen molar-refractivity contribution in [1.82, 2.24) is 9.88 Å².